The van der Waals surface area contributed by atoms with Crippen LogP contribution in [-0.4, -0.2) is 11.1 Å². The summed E-state index contributed by atoms with van der Waals surface area (Å²) in [6, 6.07) is 1.75. The lowest BCUT2D eigenvalue weighted by Crippen LogP contribution is -2.25. The van der Waals surface area contributed by atoms with Gasteiger partial charge < -0.3 is 10.5 Å². The zero-order chi connectivity index (χ0) is 9.26. The Balaban J connectivity index is 2.14. The fraction of sp³-hybridized carbons (Fsp3) is 0.444. The van der Waals surface area contributed by atoms with Gasteiger partial charge in [0.2, 0.25) is 5.88 Å². The van der Waals surface area contributed by atoms with Gasteiger partial charge in [-0.1, -0.05) is 0 Å². The Morgan fingerprint density at radius 2 is 2.31 bits per heavy atom. The van der Waals surface area contributed by atoms with Crippen molar-refractivity contribution in [3.8, 4) is 5.88 Å². The van der Waals surface area contributed by atoms with E-state index < -0.39 is 0 Å². The summed E-state index contributed by atoms with van der Waals surface area (Å²) >= 11 is 3.35. The molecule has 70 valence electrons. The van der Waals surface area contributed by atoms with E-state index in [1.807, 2.05) is 0 Å². The van der Waals surface area contributed by atoms with Gasteiger partial charge in [0.15, 0.2) is 0 Å². The van der Waals surface area contributed by atoms with Crippen LogP contribution in [0.2, 0.25) is 0 Å². The molecule has 0 atom stereocenters. The molecule has 1 aromatic rings. The van der Waals surface area contributed by atoms with Crippen LogP contribution < -0.4 is 10.5 Å². The van der Waals surface area contributed by atoms with E-state index >= 15 is 0 Å². The summed E-state index contributed by atoms with van der Waals surface area (Å²) in [6.07, 6.45) is 5.51. The smallest absolute Gasteiger partial charge is 0.230 e. The molecule has 2 rings (SSSR count). The van der Waals surface area contributed by atoms with Gasteiger partial charge in [0, 0.05) is 6.20 Å². The van der Waals surface area contributed by atoms with E-state index in [1.54, 1.807) is 12.3 Å². The van der Waals surface area contributed by atoms with Crippen LogP contribution in [0, 0.1) is 0 Å². The molecule has 0 aliphatic heterocycles. The number of nitrogens with zero attached hydrogens (tertiary/aromatic N) is 1. The topological polar surface area (TPSA) is 48.1 Å². The first kappa shape index (κ1) is 8.81. The second-order valence-corrected chi connectivity index (χ2v) is 3.98. The first-order chi connectivity index (χ1) is 6.27. The quantitative estimate of drug-likeness (QED) is 0.867. The van der Waals surface area contributed by atoms with Crippen molar-refractivity contribution in [2.45, 2.75) is 25.4 Å². The minimum absolute atomic E-state index is 0.339. The average molecular weight is 243 g/mol. The van der Waals surface area contributed by atoms with E-state index in [2.05, 4.69) is 20.9 Å². The van der Waals surface area contributed by atoms with E-state index in [-0.39, 0.29) is 0 Å². The fourth-order valence-electron chi connectivity index (χ4n) is 1.17. The highest BCUT2D eigenvalue weighted by Crippen LogP contribution is 2.31. The van der Waals surface area contributed by atoms with Gasteiger partial charge in [0.1, 0.15) is 10.6 Å². The third-order valence-electron chi connectivity index (χ3n) is 2.22. The highest BCUT2D eigenvalue weighted by molar-refractivity contribution is 9.10. The first-order valence-electron chi connectivity index (χ1n) is 4.34. The Labute approximate surface area is 85.4 Å². The van der Waals surface area contributed by atoms with E-state index in [9.17, 15) is 0 Å². The molecule has 1 heterocycles. The molecule has 1 fully saturated rings. The van der Waals surface area contributed by atoms with Gasteiger partial charge >= 0.3 is 0 Å². The predicted octanol–water partition coefficient (Wildman–Crippen LogP) is 2.36. The first-order valence-corrected chi connectivity index (χ1v) is 5.13. The van der Waals surface area contributed by atoms with Crippen molar-refractivity contribution in [1.29, 1.82) is 0 Å². The van der Waals surface area contributed by atoms with Crippen LogP contribution in [0.4, 0.5) is 5.69 Å². The Bertz CT molecular complexity index is 312. The van der Waals surface area contributed by atoms with Crippen molar-refractivity contribution >= 4 is 21.6 Å². The Hall–Kier alpha value is -0.770. The summed E-state index contributed by atoms with van der Waals surface area (Å²) in [5.74, 6) is 0.615. The molecule has 4 heteroatoms. The number of aromatic nitrogens is 1. The van der Waals surface area contributed by atoms with E-state index in [4.69, 9.17) is 10.5 Å². The molecule has 0 amide bonds. The third kappa shape index (κ3) is 1.77. The largest absolute Gasteiger partial charge is 0.474 e. The number of halogens is 1. The van der Waals surface area contributed by atoms with Crippen LogP contribution in [0.5, 0.6) is 5.88 Å². The molecule has 2 N–H and O–H groups in total. The monoisotopic (exact) mass is 242 g/mol. The molecular weight excluding hydrogens is 232 g/mol. The van der Waals surface area contributed by atoms with Gasteiger partial charge in [-0.05, 0) is 41.3 Å². The molecule has 3 nitrogen and oxygen atoms in total. The maximum Gasteiger partial charge on any atom is 0.230 e. The Morgan fingerprint density at radius 3 is 2.92 bits per heavy atom. The average Bonchev–Trinajstić information content (AvgIpc) is 2.04. The number of nitrogens with two attached hydrogens (primary N) is 1. The van der Waals surface area contributed by atoms with Crippen molar-refractivity contribution in [1.82, 2.24) is 4.98 Å². The number of ether oxygens (including phenoxy) is 1. The van der Waals surface area contributed by atoms with Crippen LogP contribution in [0.15, 0.2) is 16.7 Å². The number of nitrogen functional groups attached to an aromatic ring is 1. The van der Waals surface area contributed by atoms with Crippen LogP contribution in [0.25, 0.3) is 0 Å². The molecule has 13 heavy (non-hydrogen) atoms. The Morgan fingerprint density at radius 1 is 1.54 bits per heavy atom. The summed E-state index contributed by atoms with van der Waals surface area (Å²) in [4.78, 5) is 4.11. The molecule has 1 aliphatic rings. The van der Waals surface area contributed by atoms with E-state index in [1.165, 1.54) is 6.42 Å². The zero-order valence-electron chi connectivity index (χ0n) is 7.16. The SMILES string of the molecule is Nc1ccnc(OC2CCC2)c1Br. The van der Waals surface area contributed by atoms with Gasteiger partial charge in [0.25, 0.3) is 0 Å². The molecule has 0 bridgehead atoms. The lowest BCUT2D eigenvalue weighted by atomic mass is 9.96. The number of hydrogen-bond acceptors (Lipinski definition) is 3. The van der Waals surface area contributed by atoms with E-state index in [0.29, 0.717) is 17.7 Å². The van der Waals surface area contributed by atoms with Gasteiger partial charge in [-0.15, -0.1) is 0 Å². The lowest BCUT2D eigenvalue weighted by molar-refractivity contribution is 0.114. The van der Waals surface area contributed by atoms with Crippen molar-refractivity contribution in [3.63, 3.8) is 0 Å². The standard InChI is InChI=1S/C9H11BrN2O/c10-8-7(11)4-5-12-9(8)13-6-2-1-3-6/h4-6H,1-3H2,(H2,11,12). The molecule has 0 unspecified atom stereocenters. The Kier molecular flexibility index (Phi) is 2.40. The molecule has 0 aromatic carbocycles. The molecular formula is C9H11BrN2O. The summed E-state index contributed by atoms with van der Waals surface area (Å²) in [5, 5.41) is 0. The predicted molar refractivity (Wildman–Crippen MR) is 54.6 cm³/mol. The lowest BCUT2D eigenvalue weighted by Gasteiger charge is -2.26. The number of pyridine rings is 1. The van der Waals surface area contributed by atoms with Crippen LogP contribution >= 0.6 is 15.9 Å². The van der Waals surface area contributed by atoms with Crippen molar-refractivity contribution in [3.05, 3.63) is 16.7 Å². The number of rotatable bonds is 2. The van der Waals surface area contributed by atoms with Crippen LogP contribution in [0.1, 0.15) is 19.3 Å². The minimum atomic E-state index is 0.339. The van der Waals surface area contributed by atoms with Crippen molar-refractivity contribution in [2.24, 2.45) is 0 Å². The van der Waals surface area contributed by atoms with Crippen LogP contribution in [-0.2, 0) is 0 Å². The normalized spacial score (nSPS) is 16.7. The molecule has 1 saturated carbocycles. The second-order valence-electron chi connectivity index (χ2n) is 3.19. The summed E-state index contributed by atoms with van der Waals surface area (Å²) in [5.41, 5.74) is 6.36. The number of anilines is 1. The maximum absolute atomic E-state index is 5.69. The van der Waals surface area contributed by atoms with Crippen LogP contribution in [0.3, 0.4) is 0 Å². The highest BCUT2D eigenvalue weighted by atomic mass is 79.9. The zero-order valence-corrected chi connectivity index (χ0v) is 8.75. The highest BCUT2D eigenvalue weighted by Gasteiger charge is 2.20. The fourth-order valence-corrected chi connectivity index (χ4v) is 1.50. The summed E-state index contributed by atoms with van der Waals surface area (Å²) in [6.45, 7) is 0. The van der Waals surface area contributed by atoms with Crippen molar-refractivity contribution < 1.29 is 4.74 Å². The molecule has 0 spiro atoms. The number of hydrogen-bond donors (Lipinski definition) is 1. The van der Waals surface area contributed by atoms with Gasteiger partial charge in [-0.25, -0.2) is 4.98 Å². The van der Waals surface area contributed by atoms with Gasteiger partial charge in [0.05, 0.1) is 5.69 Å². The van der Waals surface area contributed by atoms with Gasteiger partial charge in [-0.3, -0.25) is 0 Å². The third-order valence-corrected chi connectivity index (χ3v) is 3.01. The van der Waals surface area contributed by atoms with E-state index in [0.717, 1.165) is 17.3 Å². The summed E-state index contributed by atoms with van der Waals surface area (Å²) < 4.78 is 6.39. The molecule has 1 aromatic heterocycles. The molecule has 0 radical (unpaired) electrons. The second kappa shape index (κ2) is 3.54. The summed E-state index contributed by atoms with van der Waals surface area (Å²) in [7, 11) is 0. The molecule has 1 aliphatic carbocycles. The van der Waals surface area contributed by atoms with Gasteiger partial charge in [-0.2, -0.15) is 0 Å². The maximum atomic E-state index is 5.69. The van der Waals surface area contributed by atoms with Crippen molar-refractivity contribution in [2.75, 3.05) is 5.73 Å². The molecule has 0 saturated heterocycles. The minimum Gasteiger partial charge on any atom is -0.474 e.